The van der Waals surface area contributed by atoms with Crippen molar-refractivity contribution in [2.24, 2.45) is 17.9 Å². The minimum Gasteiger partial charge on any atom is -0.409 e. The first kappa shape index (κ1) is 13.3. The zero-order valence-corrected chi connectivity index (χ0v) is 11.1. The van der Waals surface area contributed by atoms with E-state index in [1.54, 1.807) is 23.7 Å². The lowest BCUT2D eigenvalue weighted by Gasteiger charge is -2.08. The highest BCUT2D eigenvalue weighted by Gasteiger charge is 2.16. The molecule has 0 aliphatic heterocycles. The Morgan fingerprint density at radius 2 is 2.21 bits per heavy atom. The summed E-state index contributed by atoms with van der Waals surface area (Å²) in [5.41, 5.74) is 5.55. The highest BCUT2D eigenvalue weighted by Crippen LogP contribution is 2.30. The molecule has 3 N–H and O–H groups in total. The lowest BCUT2D eigenvalue weighted by Crippen LogP contribution is -2.16. The number of aromatic nitrogens is 3. The van der Waals surface area contributed by atoms with E-state index >= 15 is 0 Å². The molecule has 0 saturated heterocycles. The average molecular weight is 281 g/mol. The van der Waals surface area contributed by atoms with Crippen molar-refractivity contribution in [3.05, 3.63) is 35.4 Å². The number of hydrogen-bond acceptors (Lipinski definition) is 5. The summed E-state index contributed by atoms with van der Waals surface area (Å²) >= 11 is 1.20. The van der Waals surface area contributed by atoms with Gasteiger partial charge >= 0.3 is 0 Å². The predicted molar refractivity (Wildman–Crippen MR) is 68.8 cm³/mol. The van der Waals surface area contributed by atoms with E-state index in [4.69, 9.17) is 10.9 Å². The van der Waals surface area contributed by atoms with E-state index in [2.05, 4.69) is 15.4 Å². The first-order chi connectivity index (χ1) is 9.04. The molecule has 6 nitrogen and oxygen atoms in total. The van der Waals surface area contributed by atoms with Crippen LogP contribution in [0.2, 0.25) is 0 Å². The molecule has 19 heavy (non-hydrogen) atoms. The van der Waals surface area contributed by atoms with Gasteiger partial charge in [-0.2, -0.15) is 0 Å². The van der Waals surface area contributed by atoms with Crippen molar-refractivity contribution in [1.29, 1.82) is 0 Å². The summed E-state index contributed by atoms with van der Waals surface area (Å²) in [5.74, 6) is -0.0945. The van der Waals surface area contributed by atoms with Crippen LogP contribution in [0.5, 0.6) is 0 Å². The number of halogens is 1. The lowest BCUT2D eigenvalue weighted by atomic mass is 10.2. The summed E-state index contributed by atoms with van der Waals surface area (Å²) < 4.78 is 15.5. The Kier molecular flexibility index (Phi) is 3.70. The van der Waals surface area contributed by atoms with Gasteiger partial charge in [0.2, 0.25) is 0 Å². The number of oxime groups is 1. The number of rotatable bonds is 3. The summed E-state index contributed by atoms with van der Waals surface area (Å²) in [6.07, 6.45) is 0. The minimum atomic E-state index is -0.556. The molecule has 8 heteroatoms. The van der Waals surface area contributed by atoms with Gasteiger partial charge in [-0.1, -0.05) is 11.2 Å². The maximum atomic E-state index is 13.8. The van der Waals surface area contributed by atoms with Crippen LogP contribution < -0.4 is 5.73 Å². The van der Waals surface area contributed by atoms with Gasteiger partial charge < -0.3 is 15.5 Å². The predicted octanol–water partition coefficient (Wildman–Crippen LogP) is 1.51. The van der Waals surface area contributed by atoms with Crippen LogP contribution in [-0.2, 0) is 7.05 Å². The summed E-state index contributed by atoms with van der Waals surface area (Å²) in [5, 5.41) is 20.0. The normalized spacial score (nSPS) is 11.8. The van der Waals surface area contributed by atoms with Gasteiger partial charge in [0, 0.05) is 11.9 Å². The zero-order chi connectivity index (χ0) is 14.0. The van der Waals surface area contributed by atoms with Crippen molar-refractivity contribution in [3.63, 3.8) is 0 Å². The molecular weight excluding hydrogens is 269 g/mol. The van der Waals surface area contributed by atoms with E-state index in [1.807, 2.05) is 6.92 Å². The maximum absolute atomic E-state index is 13.8. The Hall–Kier alpha value is -2.09. The molecule has 0 amide bonds. The smallest absolute Gasteiger partial charge is 0.195 e. The molecule has 0 saturated carbocycles. The quantitative estimate of drug-likeness (QED) is 0.385. The molecule has 1 aromatic heterocycles. The van der Waals surface area contributed by atoms with Gasteiger partial charge in [0.25, 0.3) is 0 Å². The third kappa shape index (κ3) is 2.53. The van der Waals surface area contributed by atoms with E-state index in [1.165, 1.54) is 17.8 Å². The monoisotopic (exact) mass is 281 g/mol. The maximum Gasteiger partial charge on any atom is 0.195 e. The molecule has 1 heterocycles. The lowest BCUT2D eigenvalue weighted by molar-refractivity contribution is 0.318. The topological polar surface area (TPSA) is 89.3 Å². The minimum absolute atomic E-state index is 0.0515. The van der Waals surface area contributed by atoms with Crippen molar-refractivity contribution in [3.8, 4) is 0 Å². The van der Waals surface area contributed by atoms with E-state index in [0.717, 1.165) is 5.82 Å². The third-order valence-corrected chi connectivity index (χ3v) is 3.69. The van der Waals surface area contributed by atoms with Crippen molar-refractivity contribution in [2.75, 3.05) is 0 Å². The van der Waals surface area contributed by atoms with Crippen LogP contribution in [0, 0.1) is 12.7 Å². The first-order valence-electron chi connectivity index (χ1n) is 5.35. The molecule has 0 unspecified atom stereocenters. The molecule has 0 atom stereocenters. The van der Waals surface area contributed by atoms with Gasteiger partial charge in [0.05, 0.1) is 5.56 Å². The number of amidine groups is 1. The van der Waals surface area contributed by atoms with Crippen molar-refractivity contribution in [1.82, 2.24) is 14.8 Å². The molecule has 2 rings (SSSR count). The number of hydrogen-bond donors (Lipinski definition) is 2. The van der Waals surface area contributed by atoms with E-state index in [-0.39, 0.29) is 11.4 Å². The fourth-order valence-corrected chi connectivity index (χ4v) is 2.46. The number of nitrogens with two attached hydrogens (primary N) is 1. The van der Waals surface area contributed by atoms with Gasteiger partial charge in [-0.15, -0.1) is 10.2 Å². The van der Waals surface area contributed by atoms with Crippen LogP contribution in [0.4, 0.5) is 4.39 Å². The fourth-order valence-electron chi connectivity index (χ4n) is 1.46. The summed E-state index contributed by atoms with van der Waals surface area (Å²) in [7, 11) is 1.81. The Morgan fingerprint density at radius 3 is 2.79 bits per heavy atom. The second-order valence-electron chi connectivity index (χ2n) is 3.79. The second kappa shape index (κ2) is 5.27. The van der Waals surface area contributed by atoms with Crippen LogP contribution in [-0.4, -0.2) is 25.8 Å². The zero-order valence-electron chi connectivity index (χ0n) is 10.3. The van der Waals surface area contributed by atoms with Gasteiger partial charge in [-0.3, -0.25) is 0 Å². The molecule has 100 valence electrons. The Balaban J connectivity index is 2.46. The van der Waals surface area contributed by atoms with Crippen LogP contribution in [0.1, 0.15) is 11.4 Å². The SMILES string of the molecule is Cc1nnc(Sc2cccc(F)c2C(N)=NO)n1C. The van der Waals surface area contributed by atoms with Crippen LogP contribution in [0.3, 0.4) is 0 Å². The van der Waals surface area contributed by atoms with E-state index < -0.39 is 5.82 Å². The fraction of sp³-hybridized carbons (Fsp3) is 0.182. The highest BCUT2D eigenvalue weighted by molar-refractivity contribution is 7.99. The molecule has 0 aliphatic carbocycles. The molecule has 0 bridgehead atoms. The number of aryl methyl sites for hydroxylation is 1. The van der Waals surface area contributed by atoms with Gasteiger partial charge in [-0.25, -0.2) is 4.39 Å². The van der Waals surface area contributed by atoms with Crippen molar-refractivity contribution in [2.45, 2.75) is 17.0 Å². The molecule has 2 aromatic rings. The summed E-state index contributed by atoms with van der Waals surface area (Å²) in [6, 6.07) is 4.47. The van der Waals surface area contributed by atoms with E-state index in [0.29, 0.717) is 10.1 Å². The number of benzene rings is 1. The largest absolute Gasteiger partial charge is 0.409 e. The van der Waals surface area contributed by atoms with Crippen molar-refractivity contribution >= 4 is 17.6 Å². The molecule has 1 aromatic carbocycles. The molecule has 0 aliphatic rings. The summed E-state index contributed by atoms with van der Waals surface area (Å²) in [4.78, 5) is 0.505. The Morgan fingerprint density at radius 1 is 1.47 bits per heavy atom. The van der Waals surface area contributed by atoms with Crippen molar-refractivity contribution < 1.29 is 9.60 Å². The standard InChI is InChI=1S/C11H12FN5OS/c1-6-14-15-11(17(6)2)19-8-5-3-4-7(12)9(8)10(13)16-18/h3-5,18H,1-2H3,(H2,13,16). The molecular formula is C11H12FN5OS. The molecule has 0 radical (unpaired) electrons. The molecule has 0 fully saturated rings. The summed E-state index contributed by atoms with van der Waals surface area (Å²) in [6.45, 7) is 1.81. The highest BCUT2D eigenvalue weighted by atomic mass is 32.2. The average Bonchev–Trinajstić information content (AvgIpc) is 2.70. The van der Waals surface area contributed by atoms with Crippen LogP contribution >= 0.6 is 11.8 Å². The Bertz CT molecular complexity index is 640. The Labute approximate surface area is 113 Å². The first-order valence-corrected chi connectivity index (χ1v) is 6.16. The van der Waals surface area contributed by atoms with E-state index in [9.17, 15) is 4.39 Å². The van der Waals surface area contributed by atoms with Crippen LogP contribution in [0.15, 0.2) is 33.4 Å². The second-order valence-corrected chi connectivity index (χ2v) is 4.80. The third-order valence-electron chi connectivity index (χ3n) is 2.59. The number of nitrogens with zero attached hydrogens (tertiary/aromatic N) is 4. The van der Waals surface area contributed by atoms with Gasteiger partial charge in [-0.05, 0) is 30.8 Å². The van der Waals surface area contributed by atoms with Gasteiger partial charge in [0.15, 0.2) is 11.0 Å². The van der Waals surface area contributed by atoms with Crippen LogP contribution in [0.25, 0.3) is 0 Å². The molecule has 0 spiro atoms. The van der Waals surface area contributed by atoms with Gasteiger partial charge in [0.1, 0.15) is 11.6 Å².